The monoisotopic (exact) mass is 285 g/mol. The normalized spacial score (nSPS) is 13.4. The first-order valence-electron chi connectivity index (χ1n) is 5.01. The molecule has 4 bridgehead atoms. The van der Waals surface area contributed by atoms with Crippen LogP contribution in [0.3, 0.4) is 0 Å². The molecule has 4 rings (SSSR count). The lowest BCUT2D eigenvalue weighted by molar-refractivity contribution is -0.0435. The van der Waals surface area contributed by atoms with Crippen LogP contribution in [0.15, 0.2) is 29.4 Å². The number of halogens is 3. The van der Waals surface area contributed by atoms with Crippen LogP contribution < -0.4 is 0 Å². The third kappa shape index (κ3) is 1.56. The number of hydrogen-bond acceptors (Lipinski definition) is 4. The molecule has 0 spiro atoms. The van der Waals surface area contributed by atoms with E-state index in [-0.39, 0.29) is 22.5 Å². The molecule has 0 amide bonds. The van der Waals surface area contributed by atoms with Gasteiger partial charge in [0.1, 0.15) is 0 Å². The van der Waals surface area contributed by atoms with Crippen molar-refractivity contribution >= 4 is 9.84 Å². The van der Waals surface area contributed by atoms with E-state index in [2.05, 4.69) is 16.0 Å². The summed E-state index contributed by atoms with van der Waals surface area (Å²) in [6.07, 6.45) is 2.55. The summed E-state index contributed by atoms with van der Waals surface area (Å²) in [6, 6.07) is 5.07. The Morgan fingerprint density at radius 3 is 2.37 bits per heavy atom. The number of alkyl halides is 3. The van der Waals surface area contributed by atoms with Crippen molar-refractivity contribution in [2.75, 3.05) is 0 Å². The number of nitrogens with zero attached hydrogens (tertiary/aromatic N) is 2. The molecule has 1 aromatic carbocycles. The van der Waals surface area contributed by atoms with Gasteiger partial charge in [-0.25, -0.2) is 18.4 Å². The van der Waals surface area contributed by atoms with Gasteiger partial charge in [-0.1, -0.05) is 6.07 Å². The zero-order valence-electron chi connectivity index (χ0n) is 9.06. The van der Waals surface area contributed by atoms with Gasteiger partial charge in [0.15, 0.2) is 5.82 Å². The molecule has 3 heterocycles. The van der Waals surface area contributed by atoms with E-state index in [1.54, 1.807) is 0 Å². The largest absolute Gasteiger partial charge is 0.501 e. The SMILES string of the molecule is O=S(=O)(c1c2[c]ccc1-c1ncc-2cn1)C(F)(F)F. The maximum Gasteiger partial charge on any atom is 0.501 e. The summed E-state index contributed by atoms with van der Waals surface area (Å²) in [5, 5.41) is 0. The quantitative estimate of drug-likeness (QED) is 0.688. The highest BCUT2D eigenvalue weighted by Gasteiger charge is 2.49. The van der Waals surface area contributed by atoms with Gasteiger partial charge >= 0.3 is 5.51 Å². The molecule has 1 aromatic heterocycles. The minimum absolute atomic E-state index is 0.0562. The Morgan fingerprint density at radius 1 is 1.16 bits per heavy atom. The zero-order chi connectivity index (χ0) is 13.8. The summed E-state index contributed by atoms with van der Waals surface area (Å²) in [7, 11) is -5.48. The first-order valence-corrected chi connectivity index (χ1v) is 6.49. The third-order valence-electron chi connectivity index (χ3n) is 2.70. The van der Waals surface area contributed by atoms with Crippen molar-refractivity contribution in [3.05, 3.63) is 30.6 Å². The number of rotatable bonds is 1. The Kier molecular flexibility index (Phi) is 2.25. The predicted octanol–water partition coefficient (Wildman–Crippen LogP) is 2.22. The van der Waals surface area contributed by atoms with Crippen molar-refractivity contribution in [2.24, 2.45) is 0 Å². The maximum atomic E-state index is 12.7. The summed E-state index contributed by atoms with van der Waals surface area (Å²) in [5.41, 5.74) is -5.51. The summed E-state index contributed by atoms with van der Waals surface area (Å²) in [6.45, 7) is 0. The summed E-state index contributed by atoms with van der Waals surface area (Å²) >= 11 is 0. The van der Waals surface area contributed by atoms with Crippen LogP contribution in [-0.2, 0) is 9.84 Å². The van der Waals surface area contributed by atoms with E-state index in [4.69, 9.17) is 0 Å². The Hall–Kier alpha value is -1.96. The Balaban J connectivity index is 2.45. The first-order chi connectivity index (χ1) is 8.82. The molecule has 0 saturated carbocycles. The summed E-state index contributed by atoms with van der Waals surface area (Å²) in [5.74, 6) is -0.0562. The highest BCUT2D eigenvalue weighted by molar-refractivity contribution is 7.92. The Labute approximate surface area is 105 Å². The lowest BCUT2D eigenvalue weighted by atomic mass is 10.1. The van der Waals surface area contributed by atoms with Crippen LogP contribution in [0.25, 0.3) is 22.5 Å². The Bertz CT molecular complexity index is 726. The molecule has 0 aliphatic carbocycles. The molecule has 0 saturated heterocycles. The molecular formula is C11H4F3N2O2S. The van der Waals surface area contributed by atoms with Crippen molar-refractivity contribution < 1.29 is 21.6 Å². The van der Waals surface area contributed by atoms with Gasteiger partial charge in [0.05, 0.1) is 4.90 Å². The van der Waals surface area contributed by atoms with Crippen molar-refractivity contribution in [3.63, 3.8) is 0 Å². The number of hydrogen-bond donors (Lipinski definition) is 0. The van der Waals surface area contributed by atoms with Crippen LogP contribution in [0.4, 0.5) is 13.2 Å². The van der Waals surface area contributed by atoms with Crippen LogP contribution >= 0.6 is 0 Å². The van der Waals surface area contributed by atoms with Gasteiger partial charge in [0.2, 0.25) is 0 Å². The second-order valence-corrected chi connectivity index (χ2v) is 5.72. The highest BCUT2D eigenvalue weighted by atomic mass is 32.2. The molecule has 19 heavy (non-hydrogen) atoms. The minimum atomic E-state index is -5.48. The smallest absolute Gasteiger partial charge is 0.236 e. The van der Waals surface area contributed by atoms with Crippen LogP contribution in [-0.4, -0.2) is 23.9 Å². The van der Waals surface area contributed by atoms with Crippen molar-refractivity contribution in [3.8, 4) is 22.5 Å². The molecule has 8 heteroatoms. The number of sulfone groups is 1. The van der Waals surface area contributed by atoms with E-state index in [0.29, 0.717) is 0 Å². The van der Waals surface area contributed by atoms with Crippen LogP contribution in [0.5, 0.6) is 0 Å². The second-order valence-electron chi connectivity index (χ2n) is 3.84. The molecule has 4 nitrogen and oxygen atoms in total. The van der Waals surface area contributed by atoms with Crippen LogP contribution in [0, 0.1) is 6.07 Å². The van der Waals surface area contributed by atoms with E-state index in [1.165, 1.54) is 24.5 Å². The molecule has 0 fully saturated rings. The fourth-order valence-corrected chi connectivity index (χ4v) is 2.99. The number of fused-ring (bicyclic) bond motifs is 2. The van der Waals surface area contributed by atoms with Crippen molar-refractivity contribution in [2.45, 2.75) is 10.4 Å². The van der Waals surface area contributed by atoms with Crippen molar-refractivity contribution in [1.29, 1.82) is 0 Å². The zero-order valence-corrected chi connectivity index (χ0v) is 9.88. The van der Waals surface area contributed by atoms with Crippen LogP contribution in [0.2, 0.25) is 0 Å². The van der Waals surface area contributed by atoms with Crippen LogP contribution in [0.1, 0.15) is 0 Å². The van der Waals surface area contributed by atoms with E-state index >= 15 is 0 Å². The van der Waals surface area contributed by atoms with Crippen molar-refractivity contribution in [1.82, 2.24) is 9.97 Å². The lowest BCUT2D eigenvalue weighted by Crippen LogP contribution is -2.24. The highest BCUT2D eigenvalue weighted by Crippen LogP contribution is 2.42. The molecule has 97 valence electrons. The molecule has 0 atom stereocenters. The first kappa shape index (κ1) is 12.1. The molecule has 0 unspecified atom stereocenters. The van der Waals surface area contributed by atoms with Gasteiger partial charge in [-0.15, -0.1) is 0 Å². The molecule has 2 aliphatic heterocycles. The average Bonchev–Trinajstić information content (AvgIpc) is 2.50. The summed E-state index contributed by atoms with van der Waals surface area (Å²) in [4.78, 5) is 6.84. The van der Waals surface area contributed by atoms with Gasteiger partial charge in [-0.2, -0.15) is 13.2 Å². The molecule has 1 radical (unpaired) electrons. The van der Waals surface area contributed by atoms with E-state index in [1.807, 2.05) is 0 Å². The molecule has 2 aromatic rings. The molecular weight excluding hydrogens is 281 g/mol. The van der Waals surface area contributed by atoms with E-state index in [0.717, 1.165) is 0 Å². The average molecular weight is 285 g/mol. The topological polar surface area (TPSA) is 59.9 Å². The van der Waals surface area contributed by atoms with Gasteiger partial charge in [0.25, 0.3) is 9.84 Å². The predicted molar refractivity (Wildman–Crippen MR) is 58.5 cm³/mol. The fraction of sp³-hybridized carbons (Fsp3) is 0.0909. The maximum absolute atomic E-state index is 12.7. The van der Waals surface area contributed by atoms with Gasteiger partial charge < -0.3 is 0 Å². The standard InChI is InChI=1S/C11H4F3N2O2S/c12-11(13,14)19(17,18)9-7-2-1-3-8(9)10-15-4-6(7)5-16-10/h1,3-5H. The third-order valence-corrected chi connectivity index (χ3v) is 4.28. The molecule has 2 aliphatic rings. The molecule has 0 N–H and O–H groups in total. The van der Waals surface area contributed by atoms with Gasteiger partial charge in [-0.05, 0) is 12.1 Å². The van der Waals surface area contributed by atoms with E-state index < -0.39 is 20.2 Å². The fourth-order valence-electron chi connectivity index (χ4n) is 1.87. The number of benzene rings is 1. The number of aromatic nitrogens is 2. The minimum Gasteiger partial charge on any atom is -0.236 e. The second kappa shape index (κ2) is 3.53. The van der Waals surface area contributed by atoms with Gasteiger partial charge in [-0.3, -0.25) is 0 Å². The van der Waals surface area contributed by atoms with E-state index in [9.17, 15) is 21.6 Å². The Morgan fingerprint density at radius 2 is 1.79 bits per heavy atom. The summed E-state index contributed by atoms with van der Waals surface area (Å²) < 4.78 is 61.6. The lowest BCUT2D eigenvalue weighted by Gasteiger charge is -2.12. The van der Waals surface area contributed by atoms with Gasteiger partial charge in [0, 0.05) is 29.1 Å².